The van der Waals surface area contributed by atoms with E-state index in [0.717, 1.165) is 0 Å². The normalized spacial score (nSPS) is 0. The first kappa shape index (κ1) is 124. The van der Waals surface area contributed by atoms with Gasteiger partial charge in [0.25, 0.3) is 0 Å². The van der Waals surface area contributed by atoms with Gasteiger partial charge in [-0.25, -0.2) is 0 Å². The van der Waals surface area contributed by atoms with Crippen molar-refractivity contribution in [3.8, 4) is 0 Å². The van der Waals surface area contributed by atoms with Gasteiger partial charge in [-0.2, -0.15) is 0 Å². The topological polar surface area (TPSA) is 0 Å². The summed E-state index contributed by atoms with van der Waals surface area (Å²) in [6.45, 7) is 0. The average molecular weight is 718 g/mol. The van der Waals surface area contributed by atoms with Crippen LogP contribution in [0.2, 0.25) is 0 Å². The molecular formula is H20Fe6Ge5. The van der Waals surface area contributed by atoms with E-state index in [1.165, 1.54) is 0 Å². The third kappa shape index (κ3) is 89.1. The van der Waals surface area contributed by atoms with Crippen LogP contribution < -0.4 is 0 Å². The molecule has 0 atom stereocenters. The van der Waals surface area contributed by atoms with Crippen LogP contribution in [0.1, 0.15) is 0 Å². The first-order chi connectivity index (χ1) is 0. The van der Waals surface area contributed by atoms with Gasteiger partial charge in [0.05, 0.1) is 0 Å². The maximum atomic E-state index is 0. The molecule has 0 aliphatic rings. The zero-order valence-electron chi connectivity index (χ0n) is 2.12. The molecule has 0 unspecified atom stereocenters. The van der Waals surface area contributed by atoms with Gasteiger partial charge in [0.15, 0.2) is 0 Å². The van der Waals surface area contributed by atoms with E-state index in [9.17, 15) is 0 Å². The number of rotatable bonds is 0. The van der Waals surface area contributed by atoms with Crippen LogP contribution in [0.5, 0.6) is 0 Å². The molecule has 0 heterocycles. The molecule has 0 saturated heterocycles. The SMILES string of the molecule is [Fe].[Fe].[Fe].[Fe].[Fe].[Fe].[GeH4].[GeH4].[GeH4].[GeH4].[GeH4]. The van der Waals surface area contributed by atoms with Crippen LogP contribution in [0.4, 0.5) is 0 Å². The zero-order chi connectivity index (χ0) is 0. The van der Waals surface area contributed by atoms with Gasteiger partial charge in [-0.1, -0.05) is 0 Å². The predicted molar refractivity (Wildman–Crippen MR) is 56.7 cm³/mol. The van der Waals surface area contributed by atoms with Crippen molar-refractivity contribution in [2.24, 2.45) is 0 Å². The Morgan fingerprint density at radius 3 is 0.182 bits per heavy atom. The van der Waals surface area contributed by atoms with Crippen LogP contribution in [-0.2, 0) is 102 Å². The molecule has 0 aromatic heterocycles. The van der Waals surface area contributed by atoms with Gasteiger partial charge in [-0.3, -0.25) is 0 Å². The third-order valence-corrected chi connectivity index (χ3v) is 0. The second-order valence-corrected chi connectivity index (χ2v) is 0. The second kappa shape index (κ2) is 102. The monoisotopic (exact) mass is 725 g/mol. The minimum absolute atomic E-state index is 0. The Balaban J connectivity index is 0. The summed E-state index contributed by atoms with van der Waals surface area (Å²) in [6.07, 6.45) is 0. The summed E-state index contributed by atoms with van der Waals surface area (Å²) in [5.74, 6) is 0. The molecule has 0 fully saturated rings. The summed E-state index contributed by atoms with van der Waals surface area (Å²) in [5.41, 5.74) is 0. The summed E-state index contributed by atoms with van der Waals surface area (Å²) in [6, 6.07) is 0. The van der Waals surface area contributed by atoms with Crippen LogP contribution in [0.25, 0.3) is 0 Å². The van der Waals surface area contributed by atoms with E-state index < -0.39 is 0 Å². The second-order valence-electron chi connectivity index (χ2n) is 0. The summed E-state index contributed by atoms with van der Waals surface area (Å²) in [4.78, 5) is 0. The van der Waals surface area contributed by atoms with Crippen LogP contribution in [0.15, 0.2) is 0 Å². The molecule has 0 amide bonds. The molecule has 0 saturated carbocycles. The Hall–Kier alpha value is 5.83. The molecular weight excluding hydrogens is 698 g/mol. The average Bonchev–Trinajstić information content (AvgIpc) is 0. The molecule has 11 heavy (non-hydrogen) atoms. The Morgan fingerprint density at radius 1 is 0.182 bits per heavy atom. The van der Waals surface area contributed by atoms with Gasteiger partial charge < -0.3 is 0 Å². The fourth-order valence-corrected chi connectivity index (χ4v) is 0. The Labute approximate surface area is 186 Å². The molecule has 0 aromatic rings. The van der Waals surface area contributed by atoms with Gasteiger partial charge in [0.2, 0.25) is 0 Å². The number of hydrogen-bond donors (Lipinski definition) is 0. The van der Waals surface area contributed by atoms with Crippen molar-refractivity contribution in [3.05, 3.63) is 0 Å². The fourth-order valence-electron chi connectivity index (χ4n) is 0. The molecule has 11 heteroatoms. The molecule has 0 nitrogen and oxygen atoms in total. The van der Waals surface area contributed by atoms with E-state index in [2.05, 4.69) is 0 Å². The zero-order valence-corrected chi connectivity index (χ0v) is 8.75. The Morgan fingerprint density at radius 2 is 0.182 bits per heavy atom. The standard InChI is InChI=1S/6Fe.5GeH4/h;;;;;;5*1H4. The summed E-state index contributed by atoms with van der Waals surface area (Å²) >= 11 is 0. The molecule has 0 aromatic carbocycles. The third-order valence-electron chi connectivity index (χ3n) is 0. The van der Waals surface area contributed by atoms with Crippen LogP contribution in [-0.4, -0.2) is 88.0 Å². The Bertz CT molecular complexity index is 10.9. The maximum absolute atomic E-state index is 0. The number of hydrogen-bond acceptors (Lipinski definition) is 0. The molecule has 88 valence electrons. The van der Waals surface area contributed by atoms with Crippen molar-refractivity contribution in [1.29, 1.82) is 0 Å². The fraction of sp³-hybridized carbons (Fsp3) is 0. The molecule has 0 radical (unpaired) electrons. The van der Waals surface area contributed by atoms with Gasteiger partial charge in [-0.15, -0.1) is 0 Å². The van der Waals surface area contributed by atoms with E-state index in [0.29, 0.717) is 0 Å². The molecule has 0 spiro atoms. The van der Waals surface area contributed by atoms with E-state index >= 15 is 0 Å². The van der Waals surface area contributed by atoms with Crippen molar-refractivity contribution >= 4 is 88.0 Å². The predicted octanol–water partition coefficient (Wildman–Crippen LogP) is -7.27. The first-order valence-electron chi connectivity index (χ1n) is 0. The van der Waals surface area contributed by atoms with Crippen molar-refractivity contribution in [2.75, 3.05) is 0 Å². The van der Waals surface area contributed by atoms with Gasteiger partial charge in [0.1, 0.15) is 0 Å². The van der Waals surface area contributed by atoms with Crippen LogP contribution in [0.3, 0.4) is 0 Å². The van der Waals surface area contributed by atoms with E-state index in [1.807, 2.05) is 0 Å². The van der Waals surface area contributed by atoms with Gasteiger partial charge in [-0.05, 0) is 0 Å². The molecule has 0 aliphatic heterocycles. The summed E-state index contributed by atoms with van der Waals surface area (Å²) in [5, 5.41) is 0. The van der Waals surface area contributed by atoms with Crippen molar-refractivity contribution in [3.63, 3.8) is 0 Å². The molecule has 0 rings (SSSR count). The van der Waals surface area contributed by atoms with E-state index in [-0.39, 0.29) is 190 Å². The summed E-state index contributed by atoms with van der Waals surface area (Å²) < 4.78 is 0. The quantitative estimate of drug-likeness (QED) is 0.219. The minimum atomic E-state index is 0. The van der Waals surface area contributed by atoms with Gasteiger partial charge >= 0.3 is 88.0 Å². The van der Waals surface area contributed by atoms with E-state index in [4.69, 9.17) is 0 Å². The Kier molecular flexibility index (Phi) is 1160. The summed E-state index contributed by atoms with van der Waals surface area (Å²) in [7, 11) is 0. The molecule has 0 N–H and O–H groups in total. The van der Waals surface area contributed by atoms with Gasteiger partial charge in [0, 0.05) is 102 Å². The van der Waals surface area contributed by atoms with Crippen LogP contribution in [0, 0.1) is 0 Å². The van der Waals surface area contributed by atoms with E-state index in [1.54, 1.807) is 0 Å². The van der Waals surface area contributed by atoms with Crippen LogP contribution >= 0.6 is 0 Å². The molecule has 0 aliphatic carbocycles. The van der Waals surface area contributed by atoms with Crippen molar-refractivity contribution in [2.45, 2.75) is 0 Å². The van der Waals surface area contributed by atoms with Crippen molar-refractivity contribution in [1.82, 2.24) is 0 Å². The van der Waals surface area contributed by atoms with Crippen molar-refractivity contribution < 1.29 is 102 Å². The molecule has 0 bridgehead atoms. The first-order valence-corrected chi connectivity index (χ1v) is 0.